The minimum absolute atomic E-state index is 0.0184. The van der Waals surface area contributed by atoms with Crippen LogP contribution in [0.4, 0.5) is 10.1 Å². The third kappa shape index (κ3) is 2.74. The van der Waals surface area contributed by atoms with Crippen molar-refractivity contribution in [3.8, 4) is 0 Å². The van der Waals surface area contributed by atoms with Gasteiger partial charge in [-0.25, -0.2) is 9.37 Å². The summed E-state index contributed by atoms with van der Waals surface area (Å²) in [5.41, 5.74) is 5.71. The molecule has 0 bridgehead atoms. The second-order valence-electron chi connectivity index (χ2n) is 4.06. The average Bonchev–Trinajstić information content (AvgIpc) is 2.86. The Balaban J connectivity index is 2.20. The lowest BCUT2D eigenvalue weighted by molar-refractivity contribution is 0.102. The molecule has 0 aliphatic rings. The summed E-state index contributed by atoms with van der Waals surface area (Å²) >= 11 is 0. The first-order valence-corrected chi connectivity index (χ1v) is 5.58. The first-order valence-electron chi connectivity index (χ1n) is 5.58. The lowest BCUT2D eigenvalue weighted by Crippen LogP contribution is -2.16. The molecular formula is C12H12FN5O2. The van der Waals surface area contributed by atoms with Crippen molar-refractivity contribution in [2.24, 2.45) is 17.9 Å². The average molecular weight is 277 g/mol. The zero-order valence-corrected chi connectivity index (χ0v) is 10.5. The van der Waals surface area contributed by atoms with Crippen LogP contribution in [0.15, 0.2) is 35.9 Å². The number of amidine groups is 1. The molecule has 8 heteroatoms. The topological polar surface area (TPSA) is 106 Å². The fraction of sp³-hybridized carbons (Fsp3) is 0.0833. The van der Waals surface area contributed by atoms with Crippen LogP contribution in [0.25, 0.3) is 0 Å². The van der Waals surface area contributed by atoms with E-state index in [9.17, 15) is 9.18 Å². The number of aromatic nitrogens is 2. The predicted molar refractivity (Wildman–Crippen MR) is 70.1 cm³/mol. The summed E-state index contributed by atoms with van der Waals surface area (Å²) < 4.78 is 15.4. The molecule has 1 amide bonds. The van der Waals surface area contributed by atoms with Crippen LogP contribution in [0, 0.1) is 5.82 Å². The number of carbonyl (C=O) groups is 1. The van der Waals surface area contributed by atoms with Crippen molar-refractivity contribution in [2.75, 3.05) is 5.32 Å². The van der Waals surface area contributed by atoms with E-state index in [1.54, 1.807) is 11.6 Å². The van der Waals surface area contributed by atoms with Crippen molar-refractivity contribution in [2.45, 2.75) is 0 Å². The summed E-state index contributed by atoms with van der Waals surface area (Å²) in [6.07, 6.45) is 2.98. The van der Waals surface area contributed by atoms with Gasteiger partial charge in [-0.15, -0.1) is 0 Å². The molecular weight excluding hydrogens is 265 g/mol. The highest BCUT2D eigenvalue weighted by Gasteiger charge is 2.12. The van der Waals surface area contributed by atoms with Crippen LogP contribution in [0.1, 0.15) is 16.1 Å². The number of imidazole rings is 1. The smallest absolute Gasteiger partial charge is 0.275 e. The molecule has 104 valence electrons. The number of nitrogens with zero attached hydrogens (tertiary/aromatic N) is 3. The Bertz CT molecular complexity index is 680. The summed E-state index contributed by atoms with van der Waals surface area (Å²) in [6, 6.07) is 3.80. The Kier molecular flexibility index (Phi) is 3.65. The fourth-order valence-electron chi connectivity index (χ4n) is 1.55. The molecule has 1 heterocycles. The number of carbonyl (C=O) groups excluding carboxylic acids is 1. The van der Waals surface area contributed by atoms with Gasteiger partial charge in [0.25, 0.3) is 5.91 Å². The molecule has 1 aromatic heterocycles. The zero-order valence-electron chi connectivity index (χ0n) is 10.5. The largest absolute Gasteiger partial charge is 0.409 e. The fourth-order valence-corrected chi connectivity index (χ4v) is 1.55. The summed E-state index contributed by atoms with van der Waals surface area (Å²) in [5, 5.41) is 13.7. The number of nitrogens with one attached hydrogen (secondary N) is 1. The lowest BCUT2D eigenvalue weighted by atomic mass is 10.2. The van der Waals surface area contributed by atoms with Crippen LogP contribution < -0.4 is 11.1 Å². The summed E-state index contributed by atoms with van der Waals surface area (Å²) in [5.74, 6) is -1.44. The number of rotatable bonds is 3. The van der Waals surface area contributed by atoms with E-state index in [-0.39, 0.29) is 22.8 Å². The Morgan fingerprint density at radius 3 is 2.85 bits per heavy atom. The van der Waals surface area contributed by atoms with Crippen LogP contribution in [0.3, 0.4) is 0 Å². The molecule has 0 unspecified atom stereocenters. The molecule has 7 nitrogen and oxygen atoms in total. The van der Waals surface area contributed by atoms with Crippen molar-refractivity contribution in [3.63, 3.8) is 0 Å². The van der Waals surface area contributed by atoms with Gasteiger partial charge in [0.2, 0.25) is 0 Å². The van der Waals surface area contributed by atoms with E-state index in [4.69, 9.17) is 10.9 Å². The number of hydrogen-bond donors (Lipinski definition) is 3. The van der Waals surface area contributed by atoms with E-state index in [0.717, 1.165) is 6.07 Å². The minimum Gasteiger partial charge on any atom is -0.409 e. The van der Waals surface area contributed by atoms with Gasteiger partial charge in [0.15, 0.2) is 5.84 Å². The molecule has 0 saturated heterocycles. The van der Waals surface area contributed by atoms with Crippen molar-refractivity contribution in [1.29, 1.82) is 0 Å². The van der Waals surface area contributed by atoms with Crippen LogP contribution >= 0.6 is 0 Å². The van der Waals surface area contributed by atoms with Gasteiger partial charge in [-0.05, 0) is 18.2 Å². The van der Waals surface area contributed by atoms with E-state index in [1.165, 1.54) is 24.7 Å². The standard InChI is InChI=1S/C12H12FN5O2/c1-18-5-10(15-6-18)12(19)16-9-3-2-7(4-8(9)13)11(14)17-20/h2-6,20H,1H3,(H2,14,17)(H,16,19). The van der Waals surface area contributed by atoms with Crippen LogP contribution in [0.5, 0.6) is 0 Å². The van der Waals surface area contributed by atoms with Gasteiger partial charge in [-0.3, -0.25) is 4.79 Å². The quantitative estimate of drug-likeness (QED) is 0.335. The van der Waals surface area contributed by atoms with E-state index < -0.39 is 11.7 Å². The van der Waals surface area contributed by atoms with Gasteiger partial charge in [-0.1, -0.05) is 5.16 Å². The third-order valence-electron chi connectivity index (χ3n) is 2.56. The van der Waals surface area contributed by atoms with Gasteiger partial charge in [-0.2, -0.15) is 0 Å². The number of benzene rings is 1. The number of oxime groups is 1. The van der Waals surface area contributed by atoms with Gasteiger partial charge >= 0.3 is 0 Å². The highest BCUT2D eigenvalue weighted by molar-refractivity contribution is 6.03. The molecule has 2 aromatic rings. The highest BCUT2D eigenvalue weighted by atomic mass is 19.1. The molecule has 20 heavy (non-hydrogen) atoms. The molecule has 0 aliphatic carbocycles. The van der Waals surface area contributed by atoms with Crippen LogP contribution in [-0.2, 0) is 7.05 Å². The maximum atomic E-state index is 13.8. The Morgan fingerprint density at radius 1 is 1.55 bits per heavy atom. The highest BCUT2D eigenvalue weighted by Crippen LogP contribution is 2.16. The molecule has 0 spiro atoms. The number of halogens is 1. The molecule has 0 aliphatic heterocycles. The first-order chi connectivity index (χ1) is 9.51. The Hall–Kier alpha value is -2.90. The van der Waals surface area contributed by atoms with Crippen molar-refractivity contribution in [1.82, 2.24) is 9.55 Å². The van der Waals surface area contributed by atoms with Crippen molar-refractivity contribution >= 4 is 17.4 Å². The summed E-state index contributed by atoms with van der Waals surface area (Å²) in [7, 11) is 1.72. The second kappa shape index (κ2) is 5.39. The molecule has 0 radical (unpaired) electrons. The minimum atomic E-state index is -0.696. The first kappa shape index (κ1) is 13.5. The van der Waals surface area contributed by atoms with Gasteiger partial charge in [0.1, 0.15) is 11.5 Å². The van der Waals surface area contributed by atoms with Gasteiger partial charge < -0.3 is 20.8 Å². The van der Waals surface area contributed by atoms with E-state index in [0.29, 0.717) is 0 Å². The normalized spacial score (nSPS) is 11.4. The summed E-state index contributed by atoms with van der Waals surface area (Å²) in [4.78, 5) is 15.7. The Morgan fingerprint density at radius 2 is 2.30 bits per heavy atom. The maximum Gasteiger partial charge on any atom is 0.275 e. The molecule has 0 atom stereocenters. The molecule has 2 rings (SSSR count). The Labute approximate surface area is 113 Å². The van der Waals surface area contributed by atoms with Crippen LogP contribution in [-0.4, -0.2) is 26.5 Å². The summed E-state index contributed by atoms with van der Waals surface area (Å²) in [6.45, 7) is 0. The van der Waals surface area contributed by atoms with E-state index in [1.807, 2.05) is 0 Å². The van der Waals surface area contributed by atoms with E-state index >= 15 is 0 Å². The van der Waals surface area contributed by atoms with Gasteiger partial charge in [0.05, 0.1) is 12.0 Å². The molecule has 1 aromatic carbocycles. The van der Waals surface area contributed by atoms with Crippen molar-refractivity contribution < 1.29 is 14.4 Å². The SMILES string of the molecule is Cn1cnc(C(=O)Nc2ccc(/C(N)=N/O)cc2F)c1. The maximum absolute atomic E-state index is 13.8. The number of hydrogen-bond acceptors (Lipinski definition) is 4. The lowest BCUT2D eigenvalue weighted by Gasteiger charge is -2.06. The predicted octanol–water partition coefficient (Wildman–Crippen LogP) is 0.906. The van der Waals surface area contributed by atoms with Crippen LogP contribution in [0.2, 0.25) is 0 Å². The van der Waals surface area contributed by atoms with E-state index in [2.05, 4.69) is 15.5 Å². The molecule has 4 N–H and O–H groups in total. The number of nitrogens with two attached hydrogens (primary N) is 1. The second-order valence-corrected chi connectivity index (χ2v) is 4.06. The zero-order chi connectivity index (χ0) is 14.7. The third-order valence-corrected chi connectivity index (χ3v) is 2.56. The molecule has 0 saturated carbocycles. The molecule has 0 fully saturated rings. The van der Waals surface area contributed by atoms with Gasteiger partial charge in [0, 0.05) is 18.8 Å². The number of anilines is 1. The van der Waals surface area contributed by atoms with Crippen molar-refractivity contribution in [3.05, 3.63) is 47.8 Å². The monoisotopic (exact) mass is 277 g/mol. The number of aryl methyl sites for hydroxylation is 1. The number of amides is 1.